The topological polar surface area (TPSA) is 65.2 Å². The number of esters is 1. The van der Waals surface area contributed by atoms with E-state index in [2.05, 4.69) is 9.72 Å². The summed E-state index contributed by atoms with van der Waals surface area (Å²) in [6.45, 7) is 0.0581. The van der Waals surface area contributed by atoms with Gasteiger partial charge >= 0.3 is 5.97 Å². The lowest BCUT2D eigenvalue weighted by Gasteiger charge is -2.10. The van der Waals surface area contributed by atoms with E-state index in [0.717, 1.165) is 0 Å². The normalized spacial score (nSPS) is 10.7. The molecule has 0 saturated heterocycles. The number of aromatic nitrogens is 1. The maximum Gasteiger partial charge on any atom is 0.311 e. The average molecular weight is 265 g/mol. The molecule has 94 valence electrons. The molecule has 0 radical (unpaired) electrons. The number of ether oxygens (including phenoxy) is 1. The first-order valence-electron chi connectivity index (χ1n) is 4.72. The molecule has 0 aromatic carbocycles. The molecule has 0 unspecified atom stereocenters. The first-order chi connectivity index (χ1) is 7.99. The minimum atomic E-state index is -2.80. The van der Waals surface area contributed by atoms with E-state index in [0.29, 0.717) is 5.56 Å². The van der Waals surface area contributed by atoms with Crippen LogP contribution in [0.25, 0.3) is 0 Å². The molecule has 1 rings (SSSR count). The van der Waals surface area contributed by atoms with Gasteiger partial charge in [0.2, 0.25) is 0 Å². The minimum absolute atomic E-state index is 0.0581. The zero-order valence-electron chi connectivity index (χ0n) is 9.04. The Hall–Kier alpha value is -1.27. The van der Waals surface area contributed by atoms with Crippen LogP contribution in [0.4, 0.5) is 8.78 Å². The van der Waals surface area contributed by atoms with Gasteiger partial charge in [-0.15, -0.1) is 0 Å². The SMILES string of the molecule is COC(=O)Cc1nc(C(F)F)c(Cl)cc1CN. The largest absolute Gasteiger partial charge is 0.469 e. The van der Waals surface area contributed by atoms with Gasteiger partial charge in [-0.1, -0.05) is 11.6 Å². The van der Waals surface area contributed by atoms with E-state index < -0.39 is 18.1 Å². The summed E-state index contributed by atoms with van der Waals surface area (Å²) < 4.78 is 29.6. The Morgan fingerprint density at radius 1 is 1.65 bits per heavy atom. The van der Waals surface area contributed by atoms with Crippen LogP contribution in [0.5, 0.6) is 0 Å². The van der Waals surface area contributed by atoms with Gasteiger partial charge in [-0.3, -0.25) is 4.79 Å². The second-order valence-corrected chi connectivity index (χ2v) is 3.63. The highest BCUT2D eigenvalue weighted by atomic mass is 35.5. The molecule has 7 heteroatoms. The number of rotatable bonds is 4. The molecular formula is C10H11ClF2N2O2. The predicted molar refractivity (Wildman–Crippen MR) is 57.8 cm³/mol. The molecule has 0 aliphatic heterocycles. The quantitative estimate of drug-likeness (QED) is 0.843. The van der Waals surface area contributed by atoms with E-state index in [-0.39, 0.29) is 23.7 Å². The molecule has 0 aliphatic rings. The fourth-order valence-electron chi connectivity index (χ4n) is 1.27. The summed E-state index contributed by atoms with van der Waals surface area (Å²) in [5.74, 6) is -0.574. The standard InChI is InChI=1S/C10H11ClF2N2O2/c1-17-8(16)3-7-5(4-14)2-6(11)9(15-7)10(12)13/h2,10H,3-4,14H2,1H3. The second-order valence-electron chi connectivity index (χ2n) is 3.22. The number of pyridine rings is 1. The summed E-state index contributed by atoms with van der Waals surface area (Å²) in [7, 11) is 1.20. The molecule has 0 spiro atoms. The second kappa shape index (κ2) is 5.88. The first kappa shape index (κ1) is 13.8. The third-order valence-corrected chi connectivity index (χ3v) is 2.44. The molecule has 0 fully saturated rings. The zero-order valence-corrected chi connectivity index (χ0v) is 9.80. The Morgan fingerprint density at radius 2 is 2.29 bits per heavy atom. The lowest BCUT2D eigenvalue weighted by Crippen LogP contribution is -2.12. The highest BCUT2D eigenvalue weighted by Gasteiger charge is 2.18. The lowest BCUT2D eigenvalue weighted by atomic mass is 10.1. The van der Waals surface area contributed by atoms with Crippen molar-refractivity contribution < 1.29 is 18.3 Å². The van der Waals surface area contributed by atoms with Crippen LogP contribution in [0.3, 0.4) is 0 Å². The highest BCUT2D eigenvalue weighted by molar-refractivity contribution is 6.31. The van der Waals surface area contributed by atoms with Crippen molar-refractivity contribution >= 4 is 17.6 Å². The number of carbonyl (C=O) groups is 1. The Kier molecular flexibility index (Phi) is 4.77. The average Bonchev–Trinajstić information content (AvgIpc) is 2.30. The van der Waals surface area contributed by atoms with E-state index >= 15 is 0 Å². The maximum atomic E-state index is 12.6. The molecule has 1 aromatic heterocycles. The summed E-state index contributed by atoms with van der Waals surface area (Å²) in [6.07, 6.45) is -3.01. The van der Waals surface area contributed by atoms with Gasteiger partial charge in [0.25, 0.3) is 6.43 Å². The molecule has 0 atom stereocenters. The molecule has 4 nitrogen and oxygen atoms in total. The number of hydrogen-bond donors (Lipinski definition) is 1. The number of halogens is 3. The third kappa shape index (κ3) is 3.34. The number of methoxy groups -OCH3 is 1. The van der Waals surface area contributed by atoms with Crippen LogP contribution in [0.1, 0.15) is 23.4 Å². The molecule has 17 heavy (non-hydrogen) atoms. The van der Waals surface area contributed by atoms with Crippen LogP contribution < -0.4 is 5.73 Å². The fraction of sp³-hybridized carbons (Fsp3) is 0.400. The van der Waals surface area contributed by atoms with Gasteiger partial charge in [-0.2, -0.15) is 0 Å². The number of alkyl halides is 2. The first-order valence-corrected chi connectivity index (χ1v) is 5.10. The van der Waals surface area contributed by atoms with Gasteiger partial charge in [0.15, 0.2) is 0 Å². The minimum Gasteiger partial charge on any atom is -0.469 e. The Labute approximate surface area is 102 Å². The zero-order chi connectivity index (χ0) is 13.0. The van der Waals surface area contributed by atoms with Gasteiger partial charge < -0.3 is 10.5 Å². The van der Waals surface area contributed by atoms with Gasteiger partial charge in [0, 0.05) is 6.54 Å². The van der Waals surface area contributed by atoms with Crippen molar-refractivity contribution in [1.29, 1.82) is 0 Å². The predicted octanol–water partition coefficient (Wildman–Crippen LogP) is 1.85. The Bertz CT molecular complexity index is 427. The molecule has 1 aromatic rings. The van der Waals surface area contributed by atoms with Gasteiger partial charge in [0.1, 0.15) is 5.69 Å². The summed E-state index contributed by atoms with van der Waals surface area (Å²) in [5.41, 5.74) is 5.49. The van der Waals surface area contributed by atoms with Crippen LogP contribution in [-0.4, -0.2) is 18.1 Å². The summed E-state index contributed by atoms with van der Waals surface area (Å²) in [4.78, 5) is 14.8. The van der Waals surface area contributed by atoms with E-state index in [1.54, 1.807) is 0 Å². The number of carbonyl (C=O) groups excluding carboxylic acids is 1. The number of nitrogens with zero attached hydrogens (tertiary/aromatic N) is 1. The van der Waals surface area contributed by atoms with Crippen LogP contribution >= 0.6 is 11.6 Å². The molecule has 0 bridgehead atoms. The van der Waals surface area contributed by atoms with Crippen LogP contribution in [0.2, 0.25) is 5.02 Å². The molecule has 1 heterocycles. The highest BCUT2D eigenvalue weighted by Crippen LogP contribution is 2.27. The van der Waals surface area contributed by atoms with E-state index in [1.165, 1.54) is 13.2 Å². The smallest absolute Gasteiger partial charge is 0.311 e. The maximum absolute atomic E-state index is 12.6. The van der Waals surface area contributed by atoms with Crippen molar-refractivity contribution in [2.75, 3.05) is 7.11 Å². The van der Waals surface area contributed by atoms with E-state index in [1.807, 2.05) is 0 Å². The monoisotopic (exact) mass is 264 g/mol. The Balaban J connectivity index is 3.16. The van der Waals surface area contributed by atoms with Crippen LogP contribution in [0, 0.1) is 0 Å². The van der Waals surface area contributed by atoms with Crippen molar-refractivity contribution in [3.8, 4) is 0 Å². The molecule has 2 N–H and O–H groups in total. The van der Waals surface area contributed by atoms with Gasteiger partial charge in [0.05, 0.1) is 24.2 Å². The van der Waals surface area contributed by atoms with Crippen LogP contribution in [-0.2, 0) is 22.5 Å². The summed E-state index contributed by atoms with van der Waals surface area (Å²) >= 11 is 5.63. The van der Waals surface area contributed by atoms with E-state index in [9.17, 15) is 13.6 Å². The van der Waals surface area contributed by atoms with Crippen molar-refractivity contribution in [2.24, 2.45) is 5.73 Å². The number of nitrogens with two attached hydrogens (primary N) is 1. The van der Waals surface area contributed by atoms with Crippen LogP contribution in [0.15, 0.2) is 6.07 Å². The lowest BCUT2D eigenvalue weighted by molar-refractivity contribution is -0.139. The van der Waals surface area contributed by atoms with Gasteiger partial charge in [-0.25, -0.2) is 13.8 Å². The summed E-state index contributed by atoms with van der Waals surface area (Å²) in [6, 6.07) is 1.30. The van der Waals surface area contributed by atoms with Crippen molar-refractivity contribution in [3.05, 3.63) is 28.0 Å². The summed E-state index contributed by atoms with van der Waals surface area (Å²) in [5, 5.41) is -0.158. The third-order valence-electron chi connectivity index (χ3n) is 2.14. The molecular weight excluding hydrogens is 254 g/mol. The molecule has 0 saturated carbocycles. The fourth-order valence-corrected chi connectivity index (χ4v) is 1.53. The molecule has 0 aliphatic carbocycles. The van der Waals surface area contributed by atoms with Crippen molar-refractivity contribution in [1.82, 2.24) is 4.98 Å². The number of hydrogen-bond acceptors (Lipinski definition) is 4. The van der Waals surface area contributed by atoms with Crippen molar-refractivity contribution in [2.45, 2.75) is 19.4 Å². The van der Waals surface area contributed by atoms with Gasteiger partial charge in [-0.05, 0) is 11.6 Å². The Morgan fingerprint density at radius 3 is 2.76 bits per heavy atom. The van der Waals surface area contributed by atoms with E-state index in [4.69, 9.17) is 17.3 Å². The molecule has 0 amide bonds. The van der Waals surface area contributed by atoms with Crippen molar-refractivity contribution in [3.63, 3.8) is 0 Å².